The highest BCUT2D eigenvalue weighted by molar-refractivity contribution is 6.32. The summed E-state index contributed by atoms with van der Waals surface area (Å²) in [6, 6.07) is 1.76. The average Bonchev–Trinajstić information content (AvgIpc) is 3.00. The zero-order valence-corrected chi connectivity index (χ0v) is 16.0. The molecule has 0 fully saturated rings. The number of halogens is 1. The molecule has 0 saturated carbocycles. The van der Waals surface area contributed by atoms with E-state index in [-0.39, 0.29) is 6.09 Å². The molecule has 3 rings (SSSR count). The SMILES string of the molecule is Cc1noc(-c2cnc(C3=CCN(C(=O)OC(C)(C)C)CC3)c(Cl)c2)n1. The minimum Gasteiger partial charge on any atom is -0.444 e. The normalized spacial score (nSPS) is 15.0. The van der Waals surface area contributed by atoms with Crippen molar-refractivity contribution in [2.75, 3.05) is 13.1 Å². The van der Waals surface area contributed by atoms with Crippen molar-refractivity contribution in [1.29, 1.82) is 0 Å². The summed E-state index contributed by atoms with van der Waals surface area (Å²) < 4.78 is 10.5. The molecule has 2 aromatic heterocycles. The Morgan fingerprint density at radius 1 is 1.38 bits per heavy atom. The number of amides is 1. The number of hydrogen-bond donors (Lipinski definition) is 0. The number of carbonyl (C=O) groups is 1. The lowest BCUT2D eigenvalue weighted by atomic mass is 10.0. The van der Waals surface area contributed by atoms with Gasteiger partial charge in [-0.2, -0.15) is 4.98 Å². The molecule has 8 heteroatoms. The van der Waals surface area contributed by atoms with E-state index in [1.807, 2.05) is 26.8 Å². The molecule has 1 aliphatic rings. The number of aromatic nitrogens is 3. The van der Waals surface area contributed by atoms with Crippen LogP contribution in [0, 0.1) is 6.92 Å². The van der Waals surface area contributed by atoms with Crippen molar-refractivity contribution in [3.05, 3.63) is 34.9 Å². The van der Waals surface area contributed by atoms with Crippen LogP contribution in [0.15, 0.2) is 22.9 Å². The predicted molar refractivity (Wildman–Crippen MR) is 97.7 cm³/mol. The number of aryl methyl sites for hydroxylation is 1. The van der Waals surface area contributed by atoms with Gasteiger partial charge in [0.1, 0.15) is 5.60 Å². The Balaban J connectivity index is 1.73. The Labute approximate surface area is 157 Å². The summed E-state index contributed by atoms with van der Waals surface area (Å²) in [5.41, 5.74) is 1.87. The fraction of sp³-hybridized carbons (Fsp3) is 0.444. The second kappa shape index (κ2) is 7.07. The first-order valence-electron chi connectivity index (χ1n) is 8.36. The Morgan fingerprint density at radius 2 is 2.15 bits per heavy atom. The van der Waals surface area contributed by atoms with Gasteiger partial charge in [0, 0.05) is 19.3 Å². The summed E-state index contributed by atoms with van der Waals surface area (Å²) in [4.78, 5) is 22.4. The van der Waals surface area contributed by atoms with Gasteiger partial charge in [-0.3, -0.25) is 4.98 Å². The molecule has 0 saturated heterocycles. The van der Waals surface area contributed by atoms with Crippen LogP contribution in [-0.2, 0) is 4.74 Å². The second-order valence-corrected chi connectivity index (χ2v) is 7.51. The van der Waals surface area contributed by atoms with E-state index in [0.29, 0.717) is 47.5 Å². The van der Waals surface area contributed by atoms with E-state index in [1.165, 1.54) is 0 Å². The second-order valence-electron chi connectivity index (χ2n) is 7.11. The maximum Gasteiger partial charge on any atom is 0.410 e. The van der Waals surface area contributed by atoms with Crippen molar-refractivity contribution in [3.8, 4) is 11.5 Å². The molecule has 7 nitrogen and oxygen atoms in total. The molecular weight excluding hydrogens is 356 g/mol. The molecule has 0 aromatic carbocycles. The lowest BCUT2D eigenvalue weighted by molar-refractivity contribution is 0.0270. The number of ether oxygens (including phenoxy) is 1. The Bertz CT molecular complexity index is 854. The summed E-state index contributed by atoms with van der Waals surface area (Å²) >= 11 is 6.41. The van der Waals surface area contributed by atoms with Crippen LogP contribution in [-0.4, -0.2) is 44.8 Å². The van der Waals surface area contributed by atoms with Gasteiger partial charge in [-0.25, -0.2) is 4.79 Å². The van der Waals surface area contributed by atoms with Crippen molar-refractivity contribution < 1.29 is 14.1 Å². The molecule has 0 bridgehead atoms. The number of hydrogen-bond acceptors (Lipinski definition) is 6. The van der Waals surface area contributed by atoms with Crippen LogP contribution >= 0.6 is 11.6 Å². The van der Waals surface area contributed by atoms with Gasteiger partial charge in [0.2, 0.25) is 0 Å². The first-order chi connectivity index (χ1) is 12.2. The third-order valence-electron chi connectivity index (χ3n) is 3.78. The molecule has 0 radical (unpaired) electrons. The smallest absolute Gasteiger partial charge is 0.410 e. The summed E-state index contributed by atoms with van der Waals surface area (Å²) in [5, 5.41) is 4.28. The van der Waals surface area contributed by atoms with E-state index in [1.54, 1.807) is 24.1 Å². The molecule has 3 heterocycles. The van der Waals surface area contributed by atoms with Crippen molar-refractivity contribution in [2.45, 2.75) is 39.7 Å². The highest BCUT2D eigenvalue weighted by Crippen LogP contribution is 2.30. The largest absolute Gasteiger partial charge is 0.444 e. The Morgan fingerprint density at radius 3 is 2.69 bits per heavy atom. The van der Waals surface area contributed by atoms with E-state index in [0.717, 1.165) is 5.57 Å². The van der Waals surface area contributed by atoms with Gasteiger partial charge >= 0.3 is 6.09 Å². The lowest BCUT2D eigenvalue weighted by Crippen LogP contribution is -2.39. The minimum atomic E-state index is -0.505. The van der Waals surface area contributed by atoms with E-state index in [9.17, 15) is 4.79 Å². The quantitative estimate of drug-likeness (QED) is 0.784. The van der Waals surface area contributed by atoms with E-state index >= 15 is 0 Å². The monoisotopic (exact) mass is 376 g/mol. The highest BCUT2D eigenvalue weighted by atomic mass is 35.5. The van der Waals surface area contributed by atoms with Crippen LogP contribution in [0.3, 0.4) is 0 Å². The summed E-state index contributed by atoms with van der Waals surface area (Å²) in [6.07, 6.45) is 3.97. The molecule has 0 spiro atoms. The van der Waals surface area contributed by atoms with Crippen LogP contribution in [0.25, 0.3) is 17.0 Å². The molecule has 1 amide bonds. The highest BCUT2D eigenvalue weighted by Gasteiger charge is 2.25. The number of nitrogens with zero attached hydrogens (tertiary/aromatic N) is 4. The van der Waals surface area contributed by atoms with Gasteiger partial charge in [-0.05, 0) is 45.8 Å². The molecule has 1 aliphatic heterocycles. The van der Waals surface area contributed by atoms with Crippen LogP contribution in [0.1, 0.15) is 38.7 Å². The fourth-order valence-electron chi connectivity index (χ4n) is 2.58. The summed E-state index contributed by atoms with van der Waals surface area (Å²) in [5.74, 6) is 0.939. The fourth-order valence-corrected chi connectivity index (χ4v) is 2.87. The maximum atomic E-state index is 12.1. The van der Waals surface area contributed by atoms with E-state index in [4.69, 9.17) is 20.9 Å². The van der Waals surface area contributed by atoms with Crippen LogP contribution < -0.4 is 0 Å². The summed E-state index contributed by atoms with van der Waals surface area (Å²) in [7, 11) is 0. The van der Waals surface area contributed by atoms with Gasteiger partial charge in [0.15, 0.2) is 5.82 Å². The molecular formula is C18H21ClN4O3. The van der Waals surface area contributed by atoms with E-state index in [2.05, 4.69) is 15.1 Å². The zero-order chi connectivity index (χ0) is 18.9. The lowest BCUT2D eigenvalue weighted by Gasteiger charge is -2.29. The first kappa shape index (κ1) is 18.4. The van der Waals surface area contributed by atoms with Gasteiger partial charge < -0.3 is 14.2 Å². The van der Waals surface area contributed by atoms with Crippen molar-refractivity contribution in [3.63, 3.8) is 0 Å². The van der Waals surface area contributed by atoms with E-state index < -0.39 is 5.60 Å². The molecule has 0 N–H and O–H groups in total. The Kier molecular flexibility index (Phi) is 5.00. The van der Waals surface area contributed by atoms with Crippen LogP contribution in [0.5, 0.6) is 0 Å². The van der Waals surface area contributed by atoms with Crippen LogP contribution in [0.2, 0.25) is 5.02 Å². The topological polar surface area (TPSA) is 81.4 Å². The molecule has 0 unspecified atom stereocenters. The molecule has 0 aliphatic carbocycles. The number of pyridine rings is 1. The number of rotatable bonds is 2. The minimum absolute atomic E-state index is 0.311. The molecule has 26 heavy (non-hydrogen) atoms. The van der Waals surface area contributed by atoms with Gasteiger partial charge in [-0.1, -0.05) is 22.8 Å². The molecule has 2 aromatic rings. The third kappa shape index (κ3) is 4.22. The van der Waals surface area contributed by atoms with Crippen molar-refractivity contribution in [2.24, 2.45) is 0 Å². The number of carbonyl (C=O) groups excluding carboxylic acids is 1. The maximum absolute atomic E-state index is 12.1. The standard InChI is InChI=1S/C18H21ClN4O3/c1-11-21-16(26-22-11)13-9-14(19)15(20-10-13)12-5-7-23(8-6-12)17(24)25-18(2,3)4/h5,9-10H,6-8H2,1-4H3. The zero-order valence-electron chi connectivity index (χ0n) is 15.2. The van der Waals surface area contributed by atoms with Crippen molar-refractivity contribution in [1.82, 2.24) is 20.0 Å². The van der Waals surface area contributed by atoms with Gasteiger partial charge in [0.05, 0.1) is 16.3 Å². The third-order valence-corrected chi connectivity index (χ3v) is 4.07. The van der Waals surface area contributed by atoms with Gasteiger partial charge in [0.25, 0.3) is 5.89 Å². The van der Waals surface area contributed by atoms with Crippen molar-refractivity contribution >= 4 is 23.3 Å². The Hall–Kier alpha value is -2.41. The molecule has 0 atom stereocenters. The van der Waals surface area contributed by atoms with Gasteiger partial charge in [-0.15, -0.1) is 0 Å². The predicted octanol–water partition coefficient (Wildman–Crippen LogP) is 4.12. The summed E-state index contributed by atoms with van der Waals surface area (Å²) in [6.45, 7) is 8.33. The molecule has 138 valence electrons. The van der Waals surface area contributed by atoms with Crippen LogP contribution in [0.4, 0.5) is 4.79 Å². The first-order valence-corrected chi connectivity index (χ1v) is 8.74. The average molecular weight is 377 g/mol.